The molecule has 3 N–H and O–H groups in total. The Morgan fingerprint density at radius 1 is 1.44 bits per heavy atom. The Labute approximate surface area is 96.0 Å². The van der Waals surface area contributed by atoms with E-state index in [1.807, 2.05) is 6.07 Å². The molecule has 0 saturated heterocycles. The number of carbonyl (C=O) groups is 1. The summed E-state index contributed by atoms with van der Waals surface area (Å²) < 4.78 is 0. The summed E-state index contributed by atoms with van der Waals surface area (Å²) in [6.45, 7) is 5.36. The van der Waals surface area contributed by atoms with Crippen LogP contribution in [0.25, 0.3) is 0 Å². The van der Waals surface area contributed by atoms with E-state index in [0.29, 0.717) is 12.4 Å². The number of hydrogen-bond donors (Lipinski definition) is 3. The van der Waals surface area contributed by atoms with Gasteiger partial charge in [-0.25, -0.2) is 0 Å². The minimum Gasteiger partial charge on any atom is -0.308 e. The summed E-state index contributed by atoms with van der Waals surface area (Å²) in [4.78, 5) is 11.4. The minimum absolute atomic E-state index is 0.0528. The SMILES string of the molecule is CCCNCC(=O)Nc1cc(CCC)[nH]n1. The van der Waals surface area contributed by atoms with Crippen LogP contribution < -0.4 is 10.6 Å². The first kappa shape index (κ1) is 12.7. The number of amides is 1. The molecule has 5 heteroatoms. The number of hydrogen-bond acceptors (Lipinski definition) is 3. The Hall–Kier alpha value is -1.36. The van der Waals surface area contributed by atoms with Gasteiger partial charge in [-0.1, -0.05) is 20.3 Å². The van der Waals surface area contributed by atoms with E-state index in [4.69, 9.17) is 0 Å². The number of carbonyl (C=O) groups excluding carboxylic acids is 1. The predicted molar refractivity (Wildman–Crippen MR) is 64.4 cm³/mol. The van der Waals surface area contributed by atoms with E-state index in [9.17, 15) is 4.79 Å². The first-order valence-electron chi connectivity index (χ1n) is 5.81. The quantitative estimate of drug-likeness (QED) is 0.611. The number of nitrogens with one attached hydrogen (secondary N) is 3. The monoisotopic (exact) mass is 224 g/mol. The fraction of sp³-hybridized carbons (Fsp3) is 0.636. The Bertz CT molecular complexity index is 322. The minimum atomic E-state index is -0.0528. The summed E-state index contributed by atoms with van der Waals surface area (Å²) in [6, 6.07) is 1.88. The van der Waals surface area contributed by atoms with Crippen LogP contribution in [-0.4, -0.2) is 29.2 Å². The van der Waals surface area contributed by atoms with E-state index in [0.717, 1.165) is 31.5 Å². The van der Waals surface area contributed by atoms with Gasteiger partial charge in [0.15, 0.2) is 5.82 Å². The topological polar surface area (TPSA) is 69.8 Å². The largest absolute Gasteiger partial charge is 0.308 e. The van der Waals surface area contributed by atoms with E-state index in [1.165, 1.54) is 0 Å². The lowest BCUT2D eigenvalue weighted by Gasteiger charge is -2.02. The molecule has 0 aromatic carbocycles. The van der Waals surface area contributed by atoms with Gasteiger partial charge in [0.25, 0.3) is 0 Å². The van der Waals surface area contributed by atoms with Crippen molar-refractivity contribution >= 4 is 11.7 Å². The molecule has 1 amide bonds. The lowest BCUT2D eigenvalue weighted by atomic mass is 10.2. The van der Waals surface area contributed by atoms with Gasteiger partial charge >= 0.3 is 0 Å². The van der Waals surface area contributed by atoms with E-state index >= 15 is 0 Å². The van der Waals surface area contributed by atoms with Crippen molar-refractivity contribution in [2.24, 2.45) is 0 Å². The summed E-state index contributed by atoms with van der Waals surface area (Å²) in [5, 5.41) is 12.7. The van der Waals surface area contributed by atoms with Crippen LogP contribution in [0.15, 0.2) is 6.07 Å². The van der Waals surface area contributed by atoms with Crippen LogP contribution in [0.1, 0.15) is 32.4 Å². The third-order valence-corrected chi connectivity index (χ3v) is 2.13. The molecule has 0 aliphatic rings. The van der Waals surface area contributed by atoms with Crippen molar-refractivity contribution in [1.29, 1.82) is 0 Å². The molecule has 0 saturated carbocycles. The lowest BCUT2D eigenvalue weighted by Crippen LogP contribution is -2.28. The second-order valence-electron chi connectivity index (χ2n) is 3.75. The highest BCUT2D eigenvalue weighted by molar-refractivity contribution is 5.91. The molecular weight excluding hydrogens is 204 g/mol. The summed E-state index contributed by atoms with van der Waals surface area (Å²) in [6.07, 6.45) is 3.04. The van der Waals surface area contributed by atoms with Gasteiger partial charge in [0.05, 0.1) is 6.54 Å². The first-order valence-corrected chi connectivity index (χ1v) is 5.81. The molecule has 0 aliphatic carbocycles. The molecule has 0 spiro atoms. The van der Waals surface area contributed by atoms with Gasteiger partial charge < -0.3 is 10.6 Å². The van der Waals surface area contributed by atoms with E-state index in [-0.39, 0.29) is 5.91 Å². The van der Waals surface area contributed by atoms with Gasteiger partial charge in [-0.2, -0.15) is 5.10 Å². The molecule has 1 rings (SSSR count). The number of aromatic amines is 1. The predicted octanol–water partition coefficient (Wildman–Crippen LogP) is 1.30. The second kappa shape index (κ2) is 7.00. The fourth-order valence-corrected chi connectivity index (χ4v) is 1.39. The third-order valence-electron chi connectivity index (χ3n) is 2.13. The summed E-state index contributed by atoms with van der Waals surface area (Å²) in [5.74, 6) is 0.551. The molecule has 0 radical (unpaired) electrons. The summed E-state index contributed by atoms with van der Waals surface area (Å²) in [5.41, 5.74) is 1.05. The van der Waals surface area contributed by atoms with Crippen molar-refractivity contribution in [2.45, 2.75) is 33.1 Å². The van der Waals surface area contributed by atoms with Gasteiger partial charge in [-0.05, 0) is 19.4 Å². The van der Waals surface area contributed by atoms with E-state index in [2.05, 4.69) is 34.7 Å². The highest BCUT2D eigenvalue weighted by Gasteiger charge is 2.04. The molecule has 0 unspecified atom stereocenters. The number of rotatable bonds is 7. The maximum Gasteiger partial charge on any atom is 0.239 e. The zero-order valence-electron chi connectivity index (χ0n) is 9.97. The molecule has 1 aromatic heterocycles. The van der Waals surface area contributed by atoms with Gasteiger partial charge in [0, 0.05) is 11.8 Å². The van der Waals surface area contributed by atoms with Crippen LogP contribution in [0.2, 0.25) is 0 Å². The highest BCUT2D eigenvalue weighted by Crippen LogP contribution is 2.06. The molecule has 1 aromatic rings. The standard InChI is InChI=1S/C11H20N4O/c1-3-5-9-7-10(15-14-9)13-11(16)8-12-6-4-2/h7,12H,3-6,8H2,1-2H3,(H2,13,14,15,16). The number of aryl methyl sites for hydroxylation is 1. The number of aromatic nitrogens is 2. The Morgan fingerprint density at radius 2 is 2.25 bits per heavy atom. The third kappa shape index (κ3) is 4.44. The Kier molecular flexibility index (Phi) is 5.56. The number of anilines is 1. The van der Waals surface area contributed by atoms with Gasteiger partial charge in [0.1, 0.15) is 0 Å². The molecule has 0 fully saturated rings. The molecular formula is C11H20N4O. The normalized spacial score (nSPS) is 10.4. The molecule has 0 bridgehead atoms. The average molecular weight is 224 g/mol. The Morgan fingerprint density at radius 3 is 2.94 bits per heavy atom. The van der Waals surface area contributed by atoms with Crippen LogP contribution in [-0.2, 0) is 11.2 Å². The summed E-state index contributed by atoms with van der Waals surface area (Å²) >= 11 is 0. The van der Waals surface area contributed by atoms with Crippen molar-refractivity contribution in [3.63, 3.8) is 0 Å². The van der Waals surface area contributed by atoms with Crippen molar-refractivity contribution in [3.8, 4) is 0 Å². The molecule has 0 atom stereocenters. The molecule has 90 valence electrons. The fourth-order valence-electron chi connectivity index (χ4n) is 1.39. The van der Waals surface area contributed by atoms with Gasteiger partial charge in [0.2, 0.25) is 5.91 Å². The van der Waals surface area contributed by atoms with Gasteiger partial charge in [-0.3, -0.25) is 9.89 Å². The number of H-pyrrole nitrogens is 1. The average Bonchev–Trinajstić information content (AvgIpc) is 2.66. The van der Waals surface area contributed by atoms with Crippen LogP contribution in [0, 0.1) is 0 Å². The highest BCUT2D eigenvalue weighted by atomic mass is 16.2. The van der Waals surface area contributed by atoms with Crippen molar-refractivity contribution in [2.75, 3.05) is 18.4 Å². The molecule has 0 aliphatic heterocycles. The zero-order chi connectivity index (χ0) is 11.8. The lowest BCUT2D eigenvalue weighted by molar-refractivity contribution is -0.115. The molecule has 5 nitrogen and oxygen atoms in total. The second-order valence-corrected chi connectivity index (χ2v) is 3.75. The maximum atomic E-state index is 11.4. The summed E-state index contributed by atoms with van der Waals surface area (Å²) in [7, 11) is 0. The van der Waals surface area contributed by atoms with Crippen molar-refractivity contribution in [3.05, 3.63) is 11.8 Å². The van der Waals surface area contributed by atoms with E-state index < -0.39 is 0 Å². The first-order chi connectivity index (χ1) is 7.76. The van der Waals surface area contributed by atoms with Crippen LogP contribution in [0.3, 0.4) is 0 Å². The zero-order valence-corrected chi connectivity index (χ0v) is 9.97. The molecule has 16 heavy (non-hydrogen) atoms. The van der Waals surface area contributed by atoms with E-state index in [1.54, 1.807) is 0 Å². The smallest absolute Gasteiger partial charge is 0.239 e. The van der Waals surface area contributed by atoms with Crippen LogP contribution in [0.5, 0.6) is 0 Å². The van der Waals surface area contributed by atoms with Gasteiger partial charge in [-0.15, -0.1) is 0 Å². The number of nitrogens with zero attached hydrogens (tertiary/aromatic N) is 1. The molecule has 1 heterocycles. The maximum absolute atomic E-state index is 11.4. The van der Waals surface area contributed by atoms with Crippen LogP contribution >= 0.6 is 0 Å². The van der Waals surface area contributed by atoms with Crippen molar-refractivity contribution < 1.29 is 4.79 Å². The Balaban J connectivity index is 2.31. The van der Waals surface area contributed by atoms with Crippen LogP contribution in [0.4, 0.5) is 5.82 Å². The van der Waals surface area contributed by atoms with Crippen molar-refractivity contribution in [1.82, 2.24) is 15.5 Å².